The number of rotatable bonds is 3. The first-order valence-corrected chi connectivity index (χ1v) is 5.71. The van der Waals surface area contributed by atoms with Gasteiger partial charge in [-0.25, -0.2) is 0 Å². The van der Waals surface area contributed by atoms with Gasteiger partial charge in [0.1, 0.15) is 0 Å². The molecule has 80 valence electrons. The molecule has 0 radical (unpaired) electrons. The van der Waals surface area contributed by atoms with Crippen molar-refractivity contribution in [3.05, 3.63) is 23.3 Å². The molecular formula is C13H22O. The summed E-state index contributed by atoms with van der Waals surface area (Å²) in [7, 11) is 0. The fraction of sp³-hybridized carbons (Fsp3) is 0.615. The minimum atomic E-state index is 0.294. The Kier molecular flexibility index (Phi) is 7.09. The van der Waals surface area contributed by atoms with E-state index in [4.69, 9.17) is 0 Å². The van der Waals surface area contributed by atoms with E-state index in [0.29, 0.717) is 12.2 Å². The lowest BCUT2D eigenvalue weighted by Gasteiger charge is -2.12. The van der Waals surface area contributed by atoms with Crippen molar-refractivity contribution >= 4 is 5.78 Å². The Morgan fingerprint density at radius 3 is 2.50 bits per heavy atom. The van der Waals surface area contributed by atoms with Crippen LogP contribution in [0.5, 0.6) is 0 Å². The van der Waals surface area contributed by atoms with Crippen LogP contribution in [0, 0.1) is 0 Å². The lowest BCUT2D eigenvalue weighted by Crippen LogP contribution is -2.04. The SMILES string of the molecule is CC.CCC(=O)C1=C(CC)CCC=C1. The predicted octanol–water partition coefficient (Wildman–Crippen LogP) is 4.05. The Morgan fingerprint density at radius 1 is 1.36 bits per heavy atom. The molecule has 0 aromatic heterocycles. The predicted molar refractivity (Wildman–Crippen MR) is 62.3 cm³/mol. The van der Waals surface area contributed by atoms with Gasteiger partial charge in [-0.2, -0.15) is 0 Å². The van der Waals surface area contributed by atoms with E-state index in [9.17, 15) is 4.79 Å². The van der Waals surface area contributed by atoms with Crippen molar-refractivity contribution in [1.29, 1.82) is 0 Å². The van der Waals surface area contributed by atoms with Gasteiger partial charge in [-0.05, 0) is 19.3 Å². The van der Waals surface area contributed by atoms with Gasteiger partial charge in [0.2, 0.25) is 0 Å². The topological polar surface area (TPSA) is 17.1 Å². The van der Waals surface area contributed by atoms with Crippen LogP contribution in [0.4, 0.5) is 0 Å². The molecule has 0 saturated carbocycles. The van der Waals surface area contributed by atoms with Crippen molar-refractivity contribution in [1.82, 2.24) is 0 Å². The monoisotopic (exact) mass is 194 g/mol. The Morgan fingerprint density at radius 2 is 2.00 bits per heavy atom. The summed E-state index contributed by atoms with van der Waals surface area (Å²) < 4.78 is 0. The smallest absolute Gasteiger partial charge is 0.162 e. The first-order valence-electron chi connectivity index (χ1n) is 5.71. The molecule has 0 N–H and O–H groups in total. The van der Waals surface area contributed by atoms with E-state index in [2.05, 4.69) is 13.0 Å². The van der Waals surface area contributed by atoms with Crippen LogP contribution in [0.3, 0.4) is 0 Å². The summed E-state index contributed by atoms with van der Waals surface area (Å²) in [6.45, 7) is 8.04. The first-order chi connectivity index (χ1) is 6.79. The maximum absolute atomic E-state index is 11.4. The summed E-state index contributed by atoms with van der Waals surface area (Å²) in [5, 5.41) is 0. The summed E-state index contributed by atoms with van der Waals surface area (Å²) in [5.74, 6) is 0.294. The molecule has 0 heterocycles. The number of ketones is 1. The third kappa shape index (κ3) is 3.49. The Hall–Kier alpha value is -0.850. The molecule has 0 bridgehead atoms. The van der Waals surface area contributed by atoms with E-state index >= 15 is 0 Å². The molecular weight excluding hydrogens is 172 g/mol. The van der Waals surface area contributed by atoms with Gasteiger partial charge < -0.3 is 0 Å². The average Bonchev–Trinajstić information content (AvgIpc) is 2.30. The van der Waals surface area contributed by atoms with Crippen molar-refractivity contribution in [2.45, 2.75) is 53.4 Å². The van der Waals surface area contributed by atoms with Gasteiger partial charge >= 0.3 is 0 Å². The van der Waals surface area contributed by atoms with Crippen LogP contribution in [0.25, 0.3) is 0 Å². The molecule has 0 saturated heterocycles. The van der Waals surface area contributed by atoms with Gasteiger partial charge in [0.25, 0.3) is 0 Å². The summed E-state index contributed by atoms with van der Waals surface area (Å²) in [4.78, 5) is 11.4. The van der Waals surface area contributed by atoms with Crippen LogP contribution in [0.2, 0.25) is 0 Å². The van der Waals surface area contributed by atoms with Gasteiger partial charge in [-0.1, -0.05) is 45.4 Å². The van der Waals surface area contributed by atoms with Crippen LogP contribution in [-0.2, 0) is 4.79 Å². The molecule has 0 fully saturated rings. The first kappa shape index (κ1) is 13.2. The lowest BCUT2D eigenvalue weighted by molar-refractivity contribution is -0.115. The van der Waals surface area contributed by atoms with Gasteiger partial charge in [-0.15, -0.1) is 0 Å². The largest absolute Gasteiger partial charge is 0.294 e. The summed E-state index contributed by atoms with van der Waals surface area (Å²) in [6, 6.07) is 0. The summed E-state index contributed by atoms with van der Waals surface area (Å²) in [5.41, 5.74) is 2.32. The molecule has 0 amide bonds. The normalized spacial score (nSPS) is 14.9. The number of allylic oxidation sites excluding steroid dienone is 4. The summed E-state index contributed by atoms with van der Waals surface area (Å²) in [6.07, 6.45) is 7.92. The molecule has 0 atom stereocenters. The molecule has 0 unspecified atom stereocenters. The van der Waals surface area contributed by atoms with Gasteiger partial charge in [0.05, 0.1) is 0 Å². The number of Topliss-reactive ketones (excluding diaryl/α,β-unsaturated/α-hetero) is 1. The zero-order valence-corrected chi connectivity index (χ0v) is 9.89. The van der Waals surface area contributed by atoms with Crippen molar-refractivity contribution < 1.29 is 4.79 Å². The minimum absolute atomic E-state index is 0.294. The van der Waals surface area contributed by atoms with Crippen molar-refractivity contribution in [2.75, 3.05) is 0 Å². The van der Waals surface area contributed by atoms with Crippen molar-refractivity contribution in [2.24, 2.45) is 0 Å². The van der Waals surface area contributed by atoms with Crippen molar-refractivity contribution in [3.63, 3.8) is 0 Å². The van der Waals surface area contributed by atoms with Gasteiger partial charge in [0, 0.05) is 12.0 Å². The maximum Gasteiger partial charge on any atom is 0.162 e. The second-order valence-corrected chi connectivity index (χ2v) is 3.09. The minimum Gasteiger partial charge on any atom is -0.294 e. The third-order valence-corrected chi connectivity index (χ3v) is 2.33. The second-order valence-electron chi connectivity index (χ2n) is 3.09. The van der Waals surface area contributed by atoms with Gasteiger partial charge in [0.15, 0.2) is 5.78 Å². The third-order valence-electron chi connectivity index (χ3n) is 2.33. The number of hydrogen-bond acceptors (Lipinski definition) is 1. The van der Waals surface area contributed by atoms with E-state index < -0.39 is 0 Å². The van der Waals surface area contributed by atoms with Crippen LogP contribution in [-0.4, -0.2) is 5.78 Å². The molecule has 0 spiro atoms. The van der Waals surface area contributed by atoms with Crippen LogP contribution in [0.15, 0.2) is 23.3 Å². The highest BCUT2D eigenvalue weighted by Gasteiger charge is 2.11. The lowest BCUT2D eigenvalue weighted by atomic mass is 9.92. The molecule has 1 nitrogen and oxygen atoms in total. The number of carbonyl (C=O) groups excluding carboxylic acids is 1. The molecule has 1 aliphatic rings. The fourth-order valence-electron chi connectivity index (χ4n) is 1.56. The Balaban J connectivity index is 0.000000791. The second kappa shape index (κ2) is 7.54. The van der Waals surface area contributed by atoms with Gasteiger partial charge in [-0.3, -0.25) is 4.79 Å². The average molecular weight is 194 g/mol. The fourth-order valence-corrected chi connectivity index (χ4v) is 1.56. The highest BCUT2D eigenvalue weighted by molar-refractivity contribution is 5.98. The highest BCUT2D eigenvalue weighted by atomic mass is 16.1. The Labute approximate surface area is 87.9 Å². The van der Waals surface area contributed by atoms with E-state index in [-0.39, 0.29) is 0 Å². The highest BCUT2D eigenvalue weighted by Crippen LogP contribution is 2.22. The molecule has 0 aromatic carbocycles. The molecule has 0 aromatic rings. The van der Waals surface area contributed by atoms with Crippen LogP contribution >= 0.6 is 0 Å². The van der Waals surface area contributed by atoms with E-state index in [0.717, 1.165) is 24.8 Å². The maximum atomic E-state index is 11.4. The van der Waals surface area contributed by atoms with Crippen molar-refractivity contribution in [3.8, 4) is 0 Å². The molecule has 1 aliphatic carbocycles. The number of carbonyl (C=O) groups is 1. The number of hydrogen-bond donors (Lipinski definition) is 0. The molecule has 14 heavy (non-hydrogen) atoms. The quantitative estimate of drug-likeness (QED) is 0.662. The van der Waals surface area contributed by atoms with Crippen LogP contribution in [0.1, 0.15) is 53.4 Å². The Bertz CT molecular complexity index is 234. The van der Waals surface area contributed by atoms with E-state index in [1.165, 1.54) is 5.57 Å². The standard InChI is InChI=1S/C11H16O.C2H6/c1-3-9-7-5-6-8-10(9)11(12)4-2;1-2/h6,8H,3-5,7H2,1-2H3;1-2H3. The van der Waals surface area contributed by atoms with Crippen LogP contribution < -0.4 is 0 Å². The van der Waals surface area contributed by atoms with E-state index in [1.807, 2.05) is 26.8 Å². The molecule has 1 heteroatoms. The molecule has 0 aliphatic heterocycles. The summed E-state index contributed by atoms with van der Waals surface area (Å²) >= 11 is 0. The zero-order chi connectivity index (χ0) is 11.0. The zero-order valence-electron chi connectivity index (χ0n) is 9.89. The van der Waals surface area contributed by atoms with E-state index in [1.54, 1.807) is 0 Å². The molecule has 1 rings (SSSR count).